The normalized spacial score (nSPS) is 23.0. The minimum atomic E-state index is -1.99. The summed E-state index contributed by atoms with van der Waals surface area (Å²) in [7, 11) is -0.267. The van der Waals surface area contributed by atoms with Crippen LogP contribution in [0.3, 0.4) is 0 Å². The summed E-state index contributed by atoms with van der Waals surface area (Å²) in [5.41, 5.74) is 2.57. The Labute approximate surface area is 178 Å². The Morgan fingerprint density at radius 3 is 2.48 bits per heavy atom. The Kier molecular flexibility index (Phi) is 6.22. The van der Waals surface area contributed by atoms with Gasteiger partial charge in [0.2, 0.25) is 0 Å². The number of carbonyl (C=O) groups is 1. The lowest BCUT2D eigenvalue weighted by Gasteiger charge is -2.44. The zero-order chi connectivity index (χ0) is 21.6. The molecule has 162 valence electrons. The molecule has 0 bridgehead atoms. The van der Waals surface area contributed by atoms with Crippen molar-refractivity contribution in [1.82, 2.24) is 4.90 Å². The summed E-state index contributed by atoms with van der Waals surface area (Å²) in [5.74, 6) is 2.84. The molecular weight excluding hydrogens is 378 g/mol. The van der Waals surface area contributed by atoms with E-state index in [-0.39, 0.29) is 17.0 Å². The first-order chi connectivity index (χ1) is 13.4. The Morgan fingerprint density at radius 1 is 1.21 bits per heavy atom. The number of ketones is 1. The van der Waals surface area contributed by atoms with Crippen molar-refractivity contribution in [3.8, 4) is 11.5 Å². The molecular formula is C24H39NO3Si. The van der Waals surface area contributed by atoms with Crippen molar-refractivity contribution < 1.29 is 14.0 Å². The van der Waals surface area contributed by atoms with Crippen LogP contribution in [0, 0.1) is 11.8 Å². The van der Waals surface area contributed by atoms with E-state index in [1.807, 2.05) is 0 Å². The van der Waals surface area contributed by atoms with E-state index in [4.69, 9.17) is 9.16 Å². The number of nitrogens with zero attached hydrogens (tertiary/aromatic N) is 1. The number of hydrogen-bond donors (Lipinski definition) is 0. The monoisotopic (exact) mass is 417 g/mol. The number of Topliss-reactive ketones (excluding diaryl/α,β-unsaturated/α-hetero) is 1. The van der Waals surface area contributed by atoms with Crippen LogP contribution in [0.1, 0.15) is 64.6 Å². The van der Waals surface area contributed by atoms with Crippen molar-refractivity contribution in [2.45, 2.75) is 78.1 Å². The molecule has 4 nitrogen and oxygen atoms in total. The van der Waals surface area contributed by atoms with Gasteiger partial charge in [-0.05, 0) is 60.2 Å². The van der Waals surface area contributed by atoms with Crippen LogP contribution < -0.4 is 9.16 Å². The molecule has 1 fully saturated rings. The number of piperidine rings is 1. The second-order valence-electron chi connectivity index (χ2n) is 10.8. The molecule has 0 spiro atoms. The molecule has 3 rings (SSSR count). The third-order valence-corrected chi connectivity index (χ3v) is 11.5. The number of rotatable bonds is 5. The van der Waals surface area contributed by atoms with Crippen LogP contribution in [0.5, 0.6) is 11.5 Å². The van der Waals surface area contributed by atoms with Gasteiger partial charge in [0.05, 0.1) is 7.11 Å². The van der Waals surface area contributed by atoms with Crippen LogP contribution in [-0.2, 0) is 11.2 Å². The van der Waals surface area contributed by atoms with E-state index in [9.17, 15) is 4.79 Å². The Balaban J connectivity index is 1.92. The predicted molar refractivity (Wildman–Crippen MR) is 121 cm³/mol. The van der Waals surface area contributed by atoms with Crippen molar-refractivity contribution in [2.24, 2.45) is 11.8 Å². The van der Waals surface area contributed by atoms with Crippen molar-refractivity contribution in [2.75, 3.05) is 20.2 Å². The molecule has 29 heavy (non-hydrogen) atoms. The standard InChI is InChI=1S/C24H39NO3Si/c1-16(2)11-18-15-25-10-9-17-12-22(27-6)23(28-29(7,8)24(3,4)5)13-19(17)20(25)14-21(18)26/h12-13,16,18,20H,9-11,14-15H2,1-8H3/t18-,20?/m1/s1. The Bertz CT molecular complexity index is 766. The highest BCUT2D eigenvalue weighted by atomic mass is 28.4. The molecule has 5 heteroatoms. The average molecular weight is 418 g/mol. The van der Waals surface area contributed by atoms with E-state index in [1.54, 1.807) is 7.11 Å². The average Bonchev–Trinajstić information content (AvgIpc) is 2.60. The summed E-state index contributed by atoms with van der Waals surface area (Å²) in [4.78, 5) is 15.4. The van der Waals surface area contributed by atoms with E-state index in [0.717, 1.165) is 37.4 Å². The van der Waals surface area contributed by atoms with Crippen molar-refractivity contribution in [1.29, 1.82) is 0 Å². The third-order valence-electron chi connectivity index (χ3n) is 7.13. The number of hydrogen-bond acceptors (Lipinski definition) is 4. The first kappa shape index (κ1) is 22.4. The van der Waals surface area contributed by atoms with Crippen LogP contribution >= 0.6 is 0 Å². The molecule has 2 atom stereocenters. The Hall–Kier alpha value is -1.33. The number of carbonyl (C=O) groups excluding carboxylic acids is 1. The third kappa shape index (κ3) is 4.56. The fraction of sp³-hybridized carbons (Fsp3) is 0.708. The topological polar surface area (TPSA) is 38.8 Å². The van der Waals surface area contributed by atoms with Gasteiger partial charge in [-0.3, -0.25) is 9.69 Å². The van der Waals surface area contributed by atoms with E-state index in [0.29, 0.717) is 18.1 Å². The summed E-state index contributed by atoms with van der Waals surface area (Å²) < 4.78 is 12.3. The molecule has 1 aromatic carbocycles. The van der Waals surface area contributed by atoms with Crippen LogP contribution in [0.15, 0.2) is 12.1 Å². The fourth-order valence-electron chi connectivity index (χ4n) is 4.40. The van der Waals surface area contributed by atoms with Crippen molar-refractivity contribution >= 4 is 14.1 Å². The van der Waals surface area contributed by atoms with E-state index in [2.05, 4.69) is 64.7 Å². The maximum Gasteiger partial charge on any atom is 0.250 e. The first-order valence-corrected chi connectivity index (χ1v) is 14.0. The van der Waals surface area contributed by atoms with Crippen molar-refractivity contribution in [3.63, 3.8) is 0 Å². The Morgan fingerprint density at radius 2 is 1.90 bits per heavy atom. The van der Waals surface area contributed by atoms with Gasteiger partial charge >= 0.3 is 0 Å². The van der Waals surface area contributed by atoms with Crippen LogP contribution in [0.25, 0.3) is 0 Å². The van der Waals surface area contributed by atoms with Gasteiger partial charge in [0.1, 0.15) is 11.5 Å². The molecule has 0 amide bonds. The van der Waals surface area contributed by atoms with Gasteiger partial charge in [0.15, 0.2) is 5.75 Å². The lowest BCUT2D eigenvalue weighted by molar-refractivity contribution is -0.129. The zero-order valence-corrected chi connectivity index (χ0v) is 20.6. The van der Waals surface area contributed by atoms with E-state index in [1.165, 1.54) is 11.1 Å². The number of methoxy groups -OCH3 is 1. The number of fused-ring (bicyclic) bond motifs is 3. The molecule has 1 unspecified atom stereocenters. The molecule has 0 radical (unpaired) electrons. The molecule has 0 N–H and O–H groups in total. The molecule has 1 saturated heterocycles. The van der Waals surface area contributed by atoms with Gasteiger partial charge in [-0.15, -0.1) is 0 Å². The summed E-state index contributed by atoms with van der Waals surface area (Å²) in [6, 6.07) is 4.52. The molecule has 2 aliphatic heterocycles. The maximum absolute atomic E-state index is 12.9. The molecule has 1 aromatic rings. The van der Waals surface area contributed by atoms with Gasteiger partial charge in [-0.25, -0.2) is 0 Å². The summed E-state index contributed by atoms with van der Waals surface area (Å²) in [5, 5.41) is 0.116. The quantitative estimate of drug-likeness (QED) is 0.583. The minimum Gasteiger partial charge on any atom is -0.541 e. The predicted octanol–water partition coefficient (Wildman–Crippen LogP) is 5.61. The summed E-state index contributed by atoms with van der Waals surface area (Å²) in [6.45, 7) is 17.6. The van der Waals surface area contributed by atoms with Gasteiger partial charge < -0.3 is 9.16 Å². The van der Waals surface area contributed by atoms with Gasteiger partial charge in [0, 0.05) is 31.5 Å². The van der Waals surface area contributed by atoms with Gasteiger partial charge in [-0.2, -0.15) is 0 Å². The smallest absolute Gasteiger partial charge is 0.250 e. The lowest BCUT2D eigenvalue weighted by atomic mass is 9.80. The SMILES string of the molecule is COc1cc2c(cc1O[Si](C)(C)C(C)(C)C)C1CC(=O)[C@H](CC(C)C)CN1CC2. The second-order valence-corrected chi connectivity index (χ2v) is 15.5. The van der Waals surface area contributed by atoms with Crippen molar-refractivity contribution in [3.05, 3.63) is 23.3 Å². The van der Waals surface area contributed by atoms with E-state index < -0.39 is 8.32 Å². The van der Waals surface area contributed by atoms with Crippen LogP contribution in [-0.4, -0.2) is 39.2 Å². The molecule has 0 aliphatic carbocycles. The highest BCUT2D eigenvalue weighted by molar-refractivity contribution is 6.74. The largest absolute Gasteiger partial charge is 0.541 e. The van der Waals surface area contributed by atoms with Crippen LogP contribution in [0.2, 0.25) is 18.1 Å². The molecule has 2 aliphatic rings. The van der Waals surface area contributed by atoms with Gasteiger partial charge in [0.25, 0.3) is 8.32 Å². The minimum absolute atomic E-state index is 0.116. The van der Waals surface area contributed by atoms with Crippen LogP contribution in [0.4, 0.5) is 0 Å². The summed E-state index contributed by atoms with van der Waals surface area (Å²) >= 11 is 0. The second kappa shape index (κ2) is 8.07. The molecule has 0 aromatic heterocycles. The van der Waals surface area contributed by atoms with Gasteiger partial charge in [-0.1, -0.05) is 34.6 Å². The first-order valence-electron chi connectivity index (χ1n) is 11.1. The highest BCUT2D eigenvalue weighted by Crippen LogP contribution is 2.45. The molecule has 2 heterocycles. The lowest BCUT2D eigenvalue weighted by Crippen LogP contribution is -2.47. The fourth-order valence-corrected chi connectivity index (χ4v) is 5.42. The number of benzene rings is 1. The number of ether oxygens (including phenoxy) is 1. The van der Waals surface area contributed by atoms with E-state index >= 15 is 0 Å². The maximum atomic E-state index is 12.9. The highest BCUT2D eigenvalue weighted by Gasteiger charge is 2.41. The zero-order valence-electron chi connectivity index (χ0n) is 19.6. The summed E-state index contributed by atoms with van der Waals surface area (Å²) in [6.07, 6.45) is 2.62. The molecule has 0 saturated carbocycles.